The van der Waals surface area contributed by atoms with Crippen LogP contribution in [0.25, 0.3) is 0 Å². The summed E-state index contributed by atoms with van der Waals surface area (Å²) in [7, 11) is 0. The predicted molar refractivity (Wildman–Crippen MR) is 192 cm³/mol. The Hall–Kier alpha value is -3.43. The maximum atomic E-state index is 13.5. The molecule has 0 amide bonds. The zero-order chi connectivity index (χ0) is 37.4. The number of esters is 2. The van der Waals surface area contributed by atoms with E-state index in [9.17, 15) is 35.1 Å². The van der Waals surface area contributed by atoms with Crippen LogP contribution in [0.2, 0.25) is 0 Å². The molecule has 11 atom stereocenters. The van der Waals surface area contributed by atoms with E-state index in [2.05, 4.69) is 13.5 Å². The minimum absolute atomic E-state index is 0.0154. The highest BCUT2D eigenvalue weighted by atomic mass is 32.2. The van der Waals surface area contributed by atoms with Gasteiger partial charge in [0.15, 0.2) is 0 Å². The molecule has 2 heterocycles. The van der Waals surface area contributed by atoms with Gasteiger partial charge in [-0.15, -0.1) is 11.8 Å². The first-order valence-corrected chi connectivity index (χ1v) is 18.6. The average Bonchev–Trinajstić information content (AvgIpc) is 3.57. The number of hydrogen-bond acceptors (Lipinski definition) is 13. The normalized spacial score (nSPS) is 35.2. The summed E-state index contributed by atoms with van der Waals surface area (Å²) < 4.78 is 22.6. The van der Waals surface area contributed by atoms with Crippen LogP contribution in [0.3, 0.4) is 0 Å². The van der Waals surface area contributed by atoms with Crippen molar-refractivity contribution in [1.82, 2.24) is 0 Å². The van der Waals surface area contributed by atoms with Gasteiger partial charge in [-0.25, -0.2) is 9.59 Å². The monoisotopic (exact) mass is 739 g/mol. The summed E-state index contributed by atoms with van der Waals surface area (Å²) in [6.45, 7) is 8.21. The molecular weight excluding hydrogens is 690 g/mol. The molecule has 282 valence electrons. The van der Waals surface area contributed by atoms with Gasteiger partial charge in [0.2, 0.25) is 6.29 Å². The largest absolute Gasteiger partial charge is 0.462 e. The van der Waals surface area contributed by atoms with Gasteiger partial charge in [-0.3, -0.25) is 0 Å². The molecule has 6 rings (SSSR count). The third-order valence-electron chi connectivity index (χ3n) is 11.8. The summed E-state index contributed by atoms with van der Waals surface area (Å²) in [4.78, 5) is 27.3. The van der Waals surface area contributed by atoms with Crippen LogP contribution in [-0.4, -0.2) is 99.4 Å². The number of anilines is 1. The minimum Gasteiger partial charge on any atom is -0.462 e. The van der Waals surface area contributed by atoms with E-state index in [-0.39, 0.29) is 53.0 Å². The van der Waals surface area contributed by atoms with Crippen LogP contribution in [0.1, 0.15) is 56.3 Å². The average molecular weight is 740 g/mol. The maximum absolute atomic E-state index is 13.5. The fourth-order valence-corrected chi connectivity index (χ4v) is 10.1. The number of benzene rings is 2. The third kappa shape index (κ3) is 7.24. The van der Waals surface area contributed by atoms with Crippen molar-refractivity contribution in [2.45, 2.75) is 92.9 Å². The number of allylic oxidation sites excluding steroid dienone is 1. The Morgan fingerprint density at radius 1 is 1.06 bits per heavy atom. The molecule has 2 saturated carbocycles. The summed E-state index contributed by atoms with van der Waals surface area (Å²) in [5, 5.41) is 50.7. The number of thioether (sulfide) groups is 1. The van der Waals surface area contributed by atoms with Gasteiger partial charge in [-0.05, 0) is 91.8 Å². The van der Waals surface area contributed by atoms with Crippen LogP contribution in [0.5, 0.6) is 5.75 Å². The lowest BCUT2D eigenvalue weighted by Gasteiger charge is -2.60. The van der Waals surface area contributed by atoms with Gasteiger partial charge in [0.05, 0.1) is 18.8 Å². The van der Waals surface area contributed by atoms with Crippen molar-refractivity contribution in [3.8, 4) is 5.75 Å². The van der Waals surface area contributed by atoms with E-state index in [0.717, 1.165) is 29.7 Å². The predicted octanol–water partition coefficient (Wildman–Crippen LogP) is 3.39. The molecule has 12 nitrogen and oxygen atoms in total. The molecule has 11 unspecified atom stereocenters. The number of carbonyl (C=O) groups excluding carboxylic acids is 2. The van der Waals surface area contributed by atoms with Crippen molar-refractivity contribution in [3.63, 3.8) is 0 Å². The molecule has 13 heteroatoms. The van der Waals surface area contributed by atoms with Gasteiger partial charge in [0.25, 0.3) is 0 Å². The topological polar surface area (TPSA) is 198 Å². The van der Waals surface area contributed by atoms with Gasteiger partial charge in [0, 0.05) is 26.8 Å². The van der Waals surface area contributed by atoms with Crippen molar-refractivity contribution in [2.75, 3.05) is 25.6 Å². The molecule has 2 aromatic carbocycles. The number of hydrogen-bond donors (Lipinski definition) is 6. The molecule has 0 bridgehead atoms. The summed E-state index contributed by atoms with van der Waals surface area (Å²) in [5.41, 5.74) is 7.90. The van der Waals surface area contributed by atoms with Crippen molar-refractivity contribution in [1.29, 1.82) is 0 Å². The molecule has 2 aliphatic heterocycles. The van der Waals surface area contributed by atoms with Crippen LogP contribution in [0, 0.1) is 22.7 Å². The first-order valence-electron chi connectivity index (χ1n) is 17.8. The highest BCUT2D eigenvalue weighted by Gasteiger charge is 2.59. The Morgan fingerprint density at radius 2 is 1.79 bits per heavy atom. The van der Waals surface area contributed by atoms with E-state index in [4.69, 9.17) is 24.7 Å². The fraction of sp³-hybridized carbons (Fsp3) is 0.538. The lowest BCUT2D eigenvalue weighted by Crippen LogP contribution is -2.60. The van der Waals surface area contributed by atoms with Gasteiger partial charge in [0.1, 0.15) is 42.9 Å². The molecule has 0 aromatic heterocycles. The first-order chi connectivity index (χ1) is 24.8. The van der Waals surface area contributed by atoms with Crippen molar-refractivity contribution >= 4 is 29.4 Å². The smallest absolute Gasteiger partial charge is 0.338 e. The molecule has 2 aromatic rings. The summed E-state index contributed by atoms with van der Waals surface area (Å²) in [5.74, 6) is -0.663. The second-order valence-corrected chi connectivity index (χ2v) is 16.1. The third-order valence-corrected chi connectivity index (χ3v) is 13.2. The van der Waals surface area contributed by atoms with Crippen LogP contribution in [0.15, 0.2) is 77.2 Å². The number of aliphatic hydroxyl groups is 5. The SMILES string of the molecule is C=C1CCC2C(C)(CO)C(OC(=O)c3ccc(OC4OC(CO)C(O)C(O)C4O)cc3)CCC2(C)C1CC(Sc1ccccc1N)C1=CCOC1=O. The molecule has 3 fully saturated rings. The summed E-state index contributed by atoms with van der Waals surface area (Å²) >= 11 is 1.56. The van der Waals surface area contributed by atoms with Crippen LogP contribution in [-0.2, 0) is 19.0 Å². The highest BCUT2D eigenvalue weighted by Crippen LogP contribution is 2.63. The van der Waals surface area contributed by atoms with E-state index in [1.807, 2.05) is 37.3 Å². The quantitative estimate of drug-likeness (QED) is 0.0850. The second-order valence-electron chi connectivity index (χ2n) is 14.9. The molecule has 0 radical (unpaired) electrons. The van der Waals surface area contributed by atoms with Crippen molar-refractivity contribution in [3.05, 3.63) is 77.9 Å². The number of nitrogens with two attached hydrogens (primary N) is 1. The Morgan fingerprint density at radius 3 is 2.44 bits per heavy atom. The van der Waals surface area contributed by atoms with E-state index >= 15 is 0 Å². The Kier molecular flexibility index (Phi) is 11.4. The zero-order valence-electron chi connectivity index (χ0n) is 29.4. The molecule has 4 aliphatic rings. The second kappa shape index (κ2) is 15.5. The summed E-state index contributed by atoms with van der Waals surface area (Å²) in [6, 6.07) is 13.6. The molecule has 7 N–H and O–H groups in total. The molecule has 52 heavy (non-hydrogen) atoms. The Bertz CT molecular complexity index is 1670. The van der Waals surface area contributed by atoms with Crippen molar-refractivity contribution < 1.29 is 54.1 Å². The maximum Gasteiger partial charge on any atom is 0.338 e. The van der Waals surface area contributed by atoms with Crippen LogP contribution >= 0.6 is 11.8 Å². The lowest BCUT2D eigenvalue weighted by molar-refractivity contribution is -0.277. The Labute approximate surface area is 307 Å². The van der Waals surface area contributed by atoms with Gasteiger partial charge in [-0.2, -0.15) is 0 Å². The molecular formula is C39H49NO11S. The number of nitrogen functional groups attached to an aromatic ring is 1. The number of ether oxygens (including phenoxy) is 4. The molecule has 2 aliphatic carbocycles. The van der Waals surface area contributed by atoms with Gasteiger partial charge in [-0.1, -0.05) is 38.1 Å². The number of fused-ring (bicyclic) bond motifs is 1. The van der Waals surface area contributed by atoms with Crippen LogP contribution in [0.4, 0.5) is 5.69 Å². The van der Waals surface area contributed by atoms with Gasteiger partial charge >= 0.3 is 11.9 Å². The number of carbonyl (C=O) groups is 2. The molecule has 0 spiro atoms. The first kappa shape index (κ1) is 38.3. The fourth-order valence-electron chi connectivity index (χ4n) is 8.81. The molecule has 1 saturated heterocycles. The number of rotatable bonds is 11. The number of para-hydroxylation sites is 1. The Balaban J connectivity index is 1.17. The van der Waals surface area contributed by atoms with Crippen molar-refractivity contribution in [2.24, 2.45) is 22.7 Å². The zero-order valence-corrected chi connectivity index (χ0v) is 30.2. The minimum atomic E-state index is -1.58. The van der Waals surface area contributed by atoms with E-state index in [0.29, 0.717) is 24.1 Å². The summed E-state index contributed by atoms with van der Waals surface area (Å²) in [6.07, 6.45) is -2.48. The lowest BCUT2D eigenvalue weighted by atomic mass is 9.46. The number of cyclic esters (lactones) is 1. The van der Waals surface area contributed by atoms with E-state index in [1.54, 1.807) is 11.8 Å². The highest BCUT2D eigenvalue weighted by molar-refractivity contribution is 8.00. The standard InChI is InChI=1S/C39H49NO11S/c1-21-8-13-30-38(2,25(21)18-29(24-15-17-48-36(24)47)52-28-7-5-4-6-26(28)40)16-14-31(39(30,3)20-42)51-35(46)22-9-11-23(12-10-22)49-37-34(45)33(44)32(43)27(19-41)50-37/h4-7,9-12,15,25,27,29-34,37,41-45H,1,8,13-14,16-20,40H2,2-3H3. The van der Waals surface area contributed by atoms with E-state index < -0.39 is 54.8 Å². The number of aliphatic hydroxyl groups excluding tert-OH is 5. The van der Waals surface area contributed by atoms with Gasteiger partial charge < -0.3 is 50.2 Å². The van der Waals surface area contributed by atoms with E-state index in [1.165, 1.54) is 24.3 Å². The van der Waals surface area contributed by atoms with Crippen LogP contribution < -0.4 is 10.5 Å².